The van der Waals surface area contributed by atoms with Gasteiger partial charge < -0.3 is 0 Å². The molecule has 0 saturated carbocycles. The molecule has 0 atom stereocenters. The summed E-state index contributed by atoms with van der Waals surface area (Å²) in [5, 5.41) is 0. The van der Waals surface area contributed by atoms with Crippen molar-refractivity contribution in [2.45, 2.75) is 0 Å². The lowest BCUT2D eigenvalue weighted by Crippen LogP contribution is -1.97. The predicted molar refractivity (Wildman–Crippen MR) is 40.5 cm³/mol. The van der Waals surface area contributed by atoms with Gasteiger partial charge in [-0.3, -0.25) is 9.20 Å². The molecular weight excluding hydrogens is 159 g/mol. The van der Waals surface area contributed by atoms with E-state index in [0.717, 1.165) is 0 Å². The third-order valence-corrected chi connectivity index (χ3v) is 1.66. The number of rotatable bonds is 1. The van der Waals surface area contributed by atoms with Crippen LogP contribution in [0.2, 0.25) is 0 Å². The Morgan fingerprint density at radius 1 is 1.50 bits per heavy atom. The second-order valence-corrected chi connectivity index (χ2v) is 2.34. The van der Waals surface area contributed by atoms with Gasteiger partial charge in [-0.1, -0.05) is 0 Å². The number of pyridine rings is 1. The molecule has 0 fully saturated rings. The van der Waals surface area contributed by atoms with E-state index in [-0.39, 0.29) is 5.69 Å². The number of nitrogens with zero attached hydrogens (tertiary/aromatic N) is 2. The Balaban J connectivity index is 2.91. The van der Waals surface area contributed by atoms with Crippen molar-refractivity contribution < 1.29 is 9.18 Å². The summed E-state index contributed by atoms with van der Waals surface area (Å²) >= 11 is 0. The zero-order valence-corrected chi connectivity index (χ0v) is 6.07. The second kappa shape index (κ2) is 2.41. The molecule has 4 heteroatoms. The Hall–Kier alpha value is -1.71. The van der Waals surface area contributed by atoms with E-state index in [1.165, 1.54) is 22.7 Å². The first-order chi connectivity index (χ1) is 5.83. The number of carbonyl (C=O) groups excluding carboxylic acids is 1. The average molecular weight is 164 g/mol. The normalized spacial score (nSPS) is 10.4. The van der Waals surface area contributed by atoms with Gasteiger partial charge in [0, 0.05) is 12.4 Å². The number of aldehydes is 1. The minimum Gasteiger partial charge on any atom is -0.296 e. The van der Waals surface area contributed by atoms with Gasteiger partial charge in [0.2, 0.25) is 0 Å². The van der Waals surface area contributed by atoms with Gasteiger partial charge in [0.05, 0.1) is 0 Å². The van der Waals surface area contributed by atoms with Crippen molar-refractivity contribution in [2.75, 3.05) is 0 Å². The molecule has 0 aliphatic carbocycles. The summed E-state index contributed by atoms with van der Waals surface area (Å²) < 4.78 is 14.3. The maximum absolute atomic E-state index is 12.9. The van der Waals surface area contributed by atoms with Crippen molar-refractivity contribution in [1.29, 1.82) is 0 Å². The largest absolute Gasteiger partial charge is 0.296 e. The van der Waals surface area contributed by atoms with Crippen molar-refractivity contribution in [3.05, 3.63) is 36.0 Å². The highest BCUT2D eigenvalue weighted by molar-refractivity contribution is 5.74. The molecule has 0 radical (unpaired) electrons. The van der Waals surface area contributed by atoms with Crippen LogP contribution in [-0.2, 0) is 0 Å². The molecule has 0 saturated heterocycles. The van der Waals surface area contributed by atoms with E-state index in [4.69, 9.17) is 0 Å². The minimum atomic E-state index is -0.532. The fraction of sp³-hybridized carbons (Fsp3) is 0. The molecular formula is C8H5FN2O. The van der Waals surface area contributed by atoms with Crippen molar-refractivity contribution in [2.24, 2.45) is 0 Å². The fourth-order valence-corrected chi connectivity index (χ4v) is 1.10. The van der Waals surface area contributed by atoms with Gasteiger partial charge in [0.25, 0.3) is 0 Å². The molecule has 2 aromatic heterocycles. The van der Waals surface area contributed by atoms with Crippen LogP contribution in [0.4, 0.5) is 4.39 Å². The van der Waals surface area contributed by atoms with Crippen LogP contribution in [0.1, 0.15) is 10.5 Å². The summed E-state index contributed by atoms with van der Waals surface area (Å²) in [6.45, 7) is 0. The summed E-state index contributed by atoms with van der Waals surface area (Å²) in [6.07, 6.45) is 3.54. The zero-order chi connectivity index (χ0) is 8.55. The highest BCUT2D eigenvalue weighted by Crippen LogP contribution is 2.08. The Morgan fingerprint density at radius 2 is 2.33 bits per heavy atom. The summed E-state index contributed by atoms with van der Waals surface area (Å²) in [6, 6.07) is 2.74. The summed E-state index contributed by atoms with van der Waals surface area (Å²) in [4.78, 5) is 14.4. The van der Waals surface area contributed by atoms with Crippen LogP contribution in [0, 0.1) is 5.82 Å². The molecule has 0 aliphatic heterocycles. The third-order valence-electron chi connectivity index (χ3n) is 1.66. The lowest BCUT2D eigenvalue weighted by atomic mass is 10.3. The Bertz CT molecular complexity index is 436. The van der Waals surface area contributed by atoms with Crippen LogP contribution in [0.15, 0.2) is 24.5 Å². The Morgan fingerprint density at radius 3 is 3.08 bits per heavy atom. The molecule has 2 aromatic rings. The molecule has 0 spiro atoms. The Kier molecular flexibility index (Phi) is 1.40. The van der Waals surface area contributed by atoms with Crippen molar-refractivity contribution in [3.63, 3.8) is 0 Å². The van der Waals surface area contributed by atoms with E-state index < -0.39 is 5.82 Å². The molecule has 2 rings (SSSR count). The summed E-state index contributed by atoms with van der Waals surface area (Å²) in [7, 11) is 0. The Labute approximate surface area is 67.5 Å². The van der Waals surface area contributed by atoms with E-state index >= 15 is 0 Å². The maximum Gasteiger partial charge on any atom is 0.169 e. The standard InChI is InChI=1S/C8H5FN2O/c9-6-1-2-8-10-3-4-11(8)7(6)5-12/h1-5H. The number of halogens is 1. The van der Waals surface area contributed by atoms with Crippen LogP contribution in [-0.4, -0.2) is 15.7 Å². The molecule has 3 nitrogen and oxygen atoms in total. The van der Waals surface area contributed by atoms with E-state index in [1.807, 2.05) is 0 Å². The number of aromatic nitrogens is 2. The summed E-state index contributed by atoms with van der Waals surface area (Å²) in [5.74, 6) is -0.532. The van der Waals surface area contributed by atoms with Gasteiger partial charge in [0.1, 0.15) is 11.3 Å². The lowest BCUT2D eigenvalue weighted by molar-refractivity contribution is 0.111. The SMILES string of the molecule is O=Cc1c(F)ccc2nccn12. The average Bonchev–Trinajstić information content (AvgIpc) is 2.52. The molecule has 0 aromatic carbocycles. The molecule has 0 aliphatic rings. The van der Waals surface area contributed by atoms with Crippen LogP contribution in [0.25, 0.3) is 5.65 Å². The van der Waals surface area contributed by atoms with Crippen LogP contribution in [0.3, 0.4) is 0 Å². The minimum absolute atomic E-state index is 0.00463. The van der Waals surface area contributed by atoms with E-state index in [2.05, 4.69) is 4.98 Å². The van der Waals surface area contributed by atoms with Gasteiger partial charge in [-0.25, -0.2) is 9.37 Å². The highest BCUT2D eigenvalue weighted by atomic mass is 19.1. The third kappa shape index (κ3) is 0.812. The second-order valence-electron chi connectivity index (χ2n) is 2.34. The zero-order valence-electron chi connectivity index (χ0n) is 6.07. The lowest BCUT2D eigenvalue weighted by Gasteiger charge is -1.97. The molecule has 2 heterocycles. The van der Waals surface area contributed by atoms with Crippen LogP contribution < -0.4 is 0 Å². The molecule has 0 unspecified atom stereocenters. The monoisotopic (exact) mass is 164 g/mol. The number of carbonyl (C=O) groups is 1. The van der Waals surface area contributed by atoms with Crippen LogP contribution in [0.5, 0.6) is 0 Å². The molecule has 0 amide bonds. The maximum atomic E-state index is 12.9. The van der Waals surface area contributed by atoms with Gasteiger partial charge in [-0.2, -0.15) is 0 Å². The molecule has 0 N–H and O–H groups in total. The predicted octanol–water partition coefficient (Wildman–Crippen LogP) is 1.29. The van der Waals surface area contributed by atoms with E-state index in [9.17, 15) is 9.18 Å². The van der Waals surface area contributed by atoms with Crippen LogP contribution >= 0.6 is 0 Å². The number of hydrogen-bond donors (Lipinski definition) is 0. The van der Waals surface area contributed by atoms with E-state index in [1.54, 1.807) is 6.20 Å². The first-order valence-corrected chi connectivity index (χ1v) is 3.39. The molecule has 60 valence electrons. The van der Waals surface area contributed by atoms with Crippen molar-refractivity contribution in [1.82, 2.24) is 9.38 Å². The van der Waals surface area contributed by atoms with E-state index in [0.29, 0.717) is 11.9 Å². The number of hydrogen-bond acceptors (Lipinski definition) is 2. The highest BCUT2D eigenvalue weighted by Gasteiger charge is 2.05. The first kappa shape index (κ1) is 6.97. The summed E-state index contributed by atoms with van der Waals surface area (Å²) in [5.41, 5.74) is 0.573. The fourth-order valence-electron chi connectivity index (χ4n) is 1.10. The molecule has 12 heavy (non-hydrogen) atoms. The number of fused-ring (bicyclic) bond motifs is 1. The smallest absolute Gasteiger partial charge is 0.169 e. The van der Waals surface area contributed by atoms with Crippen molar-refractivity contribution in [3.8, 4) is 0 Å². The van der Waals surface area contributed by atoms with Gasteiger partial charge >= 0.3 is 0 Å². The molecule has 0 bridgehead atoms. The topological polar surface area (TPSA) is 34.4 Å². The van der Waals surface area contributed by atoms with Gasteiger partial charge in [-0.15, -0.1) is 0 Å². The van der Waals surface area contributed by atoms with Gasteiger partial charge in [-0.05, 0) is 12.1 Å². The quantitative estimate of drug-likeness (QED) is 0.595. The first-order valence-electron chi connectivity index (χ1n) is 3.39. The van der Waals surface area contributed by atoms with Crippen molar-refractivity contribution >= 4 is 11.9 Å². The van der Waals surface area contributed by atoms with Gasteiger partial charge in [0.15, 0.2) is 12.1 Å². The number of imidazole rings is 1.